The van der Waals surface area contributed by atoms with Gasteiger partial charge in [-0.3, -0.25) is 9.69 Å². The fourth-order valence-electron chi connectivity index (χ4n) is 3.58. The molecule has 0 saturated carbocycles. The smallest absolute Gasteiger partial charge is 0.140 e. The van der Waals surface area contributed by atoms with Crippen molar-refractivity contribution in [2.24, 2.45) is 5.92 Å². The molecule has 0 spiro atoms. The number of benzene rings is 1. The van der Waals surface area contributed by atoms with Crippen molar-refractivity contribution in [3.63, 3.8) is 0 Å². The Morgan fingerprint density at radius 3 is 2.68 bits per heavy atom. The zero-order valence-corrected chi connectivity index (χ0v) is 13.0. The second-order valence-electron chi connectivity index (χ2n) is 6.28. The molecule has 1 aromatic carbocycles. The van der Waals surface area contributed by atoms with Crippen LogP contribution in [0.15, 0.2) is 18.2 Å². The Morgan fingerprint density at radius 1 is 1.36 bits per heavy atom. The second kappa shape index (κ2) is 6.34. The van der Waals surface area contributed by atoms with Gasteiger partial charge >= 0.3 is 0 Å². The number of hydrogen-bond donors (Lipinski definition) is 0. The standard InChI is InChI=1S/C17H22FNO3/c1-19-14-6-11(7-15(19)10-22-9-14)16(20)8-12-5-13(18)3-4-17(12)21-2/h3-5,11,14-15H,6-10H2,1-2H3. The summed E-state index contributed by atoms with van der Waals surface area (Å²) >= 11 is 0. The van der Waals surface area contributed by atoms with E-state index >= 15 is 0 Å². The predicted octanol–water partition coefficient (Wildman–Crippen LogP) is 2.06. The molecule has 1 aromatic rings. The fraction of sp³-hybridized carbons (Fsp3) is 0.588. The minimum absolute atomic E-state index is 0.0306. The second-order valence-corrected chi connectivity index (χ2v) is 6.28. The topological polar surface area (TPSA) is 38.8 Å². The number of carbonyl (C=O) groups excluding carboxylic acids is 1. The summed E-state index contributed by atoms with van der Waals surface area (Å²) < 4.78 is 24.2. The fourth-order valence-corrected chi connectivity index (χ4v) is 3.58. The first kappa shape index (κ1) is 15.4. The lowest BCUT2D eigenvalue weighted by atomic mass is 9.81. The van der Waals surface area contributed by atoms with Gasteiger partial charge in [-0.2, -0.15) is 0 Å². The quantitative estimate of drug-likeness (QED) is 0.853. The van der Waals surface area contributed by atoms with Gasteiger partial charge in [0.25, 0.3) is 0 Å². The highest BCUT2D eigenvalue weighted by molar-refractivity contribution is 5.84. The van der Waals surface area contributed by atoms with Crippen LogP contribution in [-0.4, -0.2) is 50.1 Å². The van der Waals surface area contributed by atoms with Crippen LogP contribution < -0.4 is 4.74 Å². The van der Waals surface area contributed by atoms with Crippen LogP contribution in [0.4, 0.5) is 4.39 Å². The molecule has 2 heterocycles. The van der Waals surface area contributed by atoms with Gasteiger partial charge in [-0.1, -0.05) is 0 Å². The number of fused-ring (bicyclic) bond motifs is 2. The van der Waals surface area contributed by atoms with Gasteiger partial charge < -0.3 is 9.47 Å². The summed E-state index contributed by atoms with van der Waals surface area (Å²) in [6.07, 6.45) is 1.88. The van der Waals surface area contributed by atoms with Gasteiger partial charge in [0.1, 0.15) is 17.3 Å². The van der Waals surface area contributed by atoms with Crippen LogP contribution in [0, 0.1) is 11.7 Å². The SMILES string of the molecule is COc1ccc(F)cc1CC(=O)C1CC2COCC(C1)N2C. The first-order valence-corrected chi connectivity index (χ1v) is 7.73. The highest BCUT2D eigenvalue weighted by Gasteiger charge is 2.39. The molecule has 0 aromatic heterocycles. The summed E-state index contributed by atoms with van der Waals surface area (Å²) in [5.74, 6) is 0.445. The lowest BCUT2D eigenvalue weighted by Crippen LogP contribution is -2.55. The van der Waals surface area contributed by atoms with E-state index in [9.17, 15) is 9.18 Å². The number of Topliss-reactive ketones (excluding diaryl/α,β-unsaturated/α-hetero) is 1. The molecule has 2 atom stereocenters. The molecular weight excluding hydrogens is 285 g/mol. The lowest BCUT2D eigenvalue weighted by molar-refractivity contribution is -0.130. The number of ketones is 1. The number of piperidine rings is 1. The van der Waals surface area contributed by atoms with Crippen molar-refractivity contribution in [2.75, 3.05) is 27.4 Å². The van der Waals surface area contributed by atoms with E-state index in [-0.39, 0.29) is 23.9 Å². The van der Waals surface area contributed by atoms with Crippen LogP contribution in [0.25, 0.3) is 0 Å². The van der Waals surface area contributed by atoms with Crippen molar-refractivity contribution >= 4 is 5.78 Å². The number of carbonyl (C=O) groups is 1. The van der Waals surface area contributed by atoms with Crippen LogP contribution in [0.2, 0.25) is 0 Å². The summed E-state index contributed by atoms with van der Waals surface area (Å²) in [5, 5.41) is 0. The number of ether oxygens (including phenoxy) is 2. The minimum atomic E-state index is -0.336. The van der Waals surface area contributed by atoms with Crippen molar-refractivity contribution in [3.8, 4) is 5.75 Å². The van der Waals surface area contributed by atoms with Crippen LogP contribution in [0.1, 0.15) is 18.4 Å². The average Bonchev–Trinajstić information content (AvgIpc) is 2.47. The van der Waals surface area contributed by atoms with Crippen LogP contribution in [-0.2, 0) is 16.0 Å². The molecule has 5 heteroatoms. The maximum atomic E-state index is 13.4. The van der Waals surface area contributed by atoms with Crippen LogP contribution in [0.5, 0.6) is 5.75 Å². The van der Waals surface area contributed by atoms with E-state index in [4.69, 9.17) is 9.47 Å². The normalized spacial score (nSPS) is 28.4. The Balaban J connectivity index is 1.71. The van der Waals surface area contributed by atoms with Crippen molar-refractivity contribution in [1.82, 2.24) is 4.90 Å². The molecule has 22 heavy (non-hydrogen) atoms. The monoisotopic (exact) mass is 307 g/mol. The van der Waals surface area contributed by atoms with Crippen molar-refractivity contribution in [2.45, 2.75) is 31.3 Å². The number of likely N-dealkylation sites (N-methyl/N-ethyl adjacent to an activating group) is 1. The number of halogens is 1. The minimum Gasteiger partial charge on any atom is -0.496 e. The third-order valence-electron chi connectivity index (χ3n) is 4.95. The van der Waals surface area contributed by atoms with E-state index in [0.717, 1.165) is 12.8 Å². The Morgan fingerprint density at radius 2 is 2.05 bits per heavy atom. The first-order chi connectivity index (χ1) is 10.6. The highest BCUT2D eigenvalue weighted by atomic mass is 19.1. The third kappa shape index (κ3) is 3.01. The zero-order chi connectivity index (χ0) is 15.7. The Hall–Kier alpha value is -1.46. The largest absolute Gasteiger partial charge is 0.496 e. The first-order valence-electron chi connectivity index (χ1n) is 7.73. The Labute approximate surface area is 130 Å². The van der Waals surface area contributed by atoms with E-state index in [1.54, 1.807) is 13.2 Å². The molecule has 2 aliphatic heterocycles. The van der Waals surface area contributed by atoms with Gasteiger partial charge in [-0.15, -0.1) is 0 Å². The van der Waals surface area contributed by atoms with Gasteiger partial charge in [0, 0.05) is 30.0 Å². The van der Waals surface area contributed by atoms with Gasteiger partial charge in [0.15, 0.2) is 0 Å². The molecule has 120 valence electrons. The molecule has 0 N–H and O–H groups in total. The molecule has 0 aliphatic carbocycles. The number of hydrogen-bond acceptors (Lipinski definition) is 4. The van der Waals surface area contributed by atoms with Crippen molar-refractivity contribution in [1.29, 1.82) is 0 Å². The summed E-state index contributed by atoms with van der Waals surface area (Å²) in [6, 6.07) is 4.96. The van der Waals surface area contributed by atoms with Crippen molar-refractivity contribution < 1.29 is 18.7 Å². The van der Waals surface area contributed by atoms with Crippen LogP contribution >= 0.6 is 0 Å². The molecule has 0 amide bonds. The highest BCUT2D eigenvalue weighted by Crippen LogP contribution is 2.32. The van der Waals surface area contributed by atoms with Crippen molar-refractivity contribution in [3.05, 3.63) is 29.6 Å². The lowest BCUT2D eigenvalue weighted by Gasteiger charge is -2.46. The molecule has 4 nitrogen and oxygen atoms in total. The summed E-state index contributed by atoms with van der Waals surface area (Å²) in [6.45, 7) is 1.39. The van der Waals surface area contributed by atoms with Gasteiger partial charge in [0.2, 0.25) is 0 Å². The van der Waals surface area contributed by atoms with E-state index in [0.29, 0.717) is 36.6 Å². The number of methoxy groups -OCH3 is 1. The van der Waals surface area contributed by atoms with Gasteiger partial charge in [0.05, 0.1) is 20.3 Å². The van der Waals surface area contributed by atoms with Crippen LogP contribution in [0.3, 0.4) is 0 Å². The van der Waals surface area contributed by atoms with Gasteiger partial charge in [-0.05, 0) is 38.1 Å². The predicted molar refractivity (Wildman–Crippen MR) is 80.5 cm³/mol. The number of nitrogens with zero attached hydrogens (tertiary/aromatic N) is 1. The third-order valence-corrected chi connectivity index (χ3v) is 4.95. The van der Waals surface area contributed by atoms with E-state index in [2.05, 4.69) is 11.9 Å². The summed E-state index contributed by atoms with van der Waals surface area (Å²) in [7, 11) is 3.65. The summed E-state index contributed by atoms with van der Waals surface area (Å²) in [4.78, 5) is 15.0. The molecular formula is C17H22FNO3. The van der Waals surface area contributed by atoms with E-state index in [1.807, 2.05) is 0 Å². The molecule has 2 aliphatic rings. The average molecular weight is 307 g/mol. The number of rotatable bonds is 4. The molecule has 0 radical (unpaired) electrons. The molecule has 2 unspecified atom stereocenters. The Kier molecular flexibility index (Phi) is 4.45. The zero-order valence-electron chi connectivity index (χ0n) is 13.0. The molecule has 2 saturated heterocycles. The Bertz CT molecular complexity index is 549. The maximum absolute atomic E-state index is 13.4. The molecule has 3 rings (SSSR count). The number of morpholine rings is 1. The maximum Gasteiger partial charge on any atom is 0.140 e. The summed E-state index contributed by atoms with van der Waals surface area (Å²) in [5.41, 5.74) is 0.632. The molecule has 2 fully saturated rings. The molecule has 2 bridgehead atoms. The van der Waals surface area contributed by atoms with E-state index < -0.39 is 0 Å². The van der Waals surface area contributed by atoms with E-state index in [1.165, 1.54) is 12.1 Å². The van der Waals surface area contributed by atoms with Gasteiger partial charge in [-0.25, -0.2) is 4.39 Å².